The van der Waals surface area contributed by atoms with Crippen LogP contribution in [0.15, 0.2) is 29.3 Å². The molecule has 21 heavy (non-hydrogen) atoms. The van der Waals surface area contributed by atoms with Crippen LogP contribution in [-0.2, 0) is 0 Å². The van der Waals surface area contributed by atoms with Crippen molar-refractivity contribution in [1.82, 2.24) is 10.6 Å². The fourth-order valence-electron chi connectivity index (χ4n) is 1.68. The van der Waals surface area contributed by atoms with Crippen molar-refractivity contribution in [3.05, 3.63) is 34.9 Å². The number of hydrogen-bond donors (Lipinski definition) is 3. The number of halogens is 2. The summed E-state index contributed by atoms with van der Waals surface area (Å²) in [6.07, 6.45) is -0.709. The molecule has 1 unspecified atom stereocenters. The van der Waals surface area contributed by atoms with E-state index in [2.05, 4.69) is 36.4 Å². The molecule has 120 valence electrons. The van der Waals surface area contributed by atoms with E-state index in [1.165, 1.54) is 0 Å². The molecule has 1 rings (SSSR count). The van der Waals surface area contributed by atoms with Crippen molar-refractivity contribution in [2.75, 3.05) is 13.1 Å². The lowest BCUT2D eigenvalue weighted by atomic mass is 10.1. The molecule has 0 fully saturated rings. The number of hydrogen-bond acceptors (Lipinski definition) is 2. The lowest BCUT2D eigenvalue weighted by Crippen LogP contribution is -2.47. The number of aliphatic imine (C=N–C) groups is 1. The average molecular weight is 426 g/mol. The third kappa shape index (κ3) is 7.87. The van der Waals surface area contributed by atoms with Crippen LogP contribution in [0.5, 0.6) is 0 Å². The first-order valence-corrected chi connectivity index (χ1v) is 7.20. The van der Waals surface area contributed by atoms with E-state index in [1.54, 1.807) is 6.07 Å². The van der Waals surface area contributed by atoms with Crippen molar-refractivity contribution in [1.29, 1.82) is 0 Å². The molecule has 3 N–H and O–H groups in total. The smallest absolute Gasteiger partial charge is 0.191 e. The second kappa shape index (κ2) is 9.48. The summed E-state index contributed by atoms with van der Waals surface area (Å²) in [6.45, 7) is 9.21. The third-order valence-corrected chi connectivity index (χ3v) is 2.87. The number of nitrogens with one attached hydrogen (secondary N) is 2. The van der Waals surface area contributed by atoms with Crippen LogP contribution in [0, 0.1) is 0 Å². The molecule has 0 radical (unpaired) electrons. The Morgan fingerprint density at radius 3 is 2.48 bits per heavy atom. The molecule has 0 heterocycles. The predicted octanol–water partition coefficient (Wildman–Crippen LogP) is 3.35. The second-order valence-corrected chi connectivity index (χ2v) is 6.04. The van der Waals surface area contributed by atoms with Gasteiger partial charge in [0.2, 0.25) is 0 Å². The van der Waals surface area contributed by atoms with Crippen molar-refractivity contribution in [2.24, 2.45) is 4.99 Å². The minimum atomic E-state index is -0.709. The van der Waals surface area contributed by atoms with Crippen LogP contribution in [0.4, 0.5) is 0 Å². The maximum Gasteiger partial charge on any atom is 0.191 e. The van der Waals surface area contributed by atoms with Crippen molar-refractivity contribution < 1.29 is 5.11 Å². The van der Waals surface area contributed by atoms with Gasteiger partial charge >= 0.3 is 0 Å². The zero-order valence-electron chi connectivity index (χ0n) is 13.0. The van der Waals surface area contributed by atoms with Gasteiger partial charge in [-0.3, -0.25) is 4.99 Å². The number of guanidine groups is 1. The van der Waals surface area contributed by atoms with E-state index < -0.39 is 6.10 Å². The molecule has 0 aliphatic carbocycles. The largest absolute Gasteiger partial charge is 0.386 e. The van der Waals surface area contributed by atoms with Crippen molar-refractivity contribution >= 4 is 41.5 Å². The van der Waals surface area contributed by atoms with E-state index in [9.17, 15) is 5.11 Å². The highest BCUT2D eigenvalue weighted by Crippen LogP contribution is 2.22. The van der Waals surface area contributed by atoms with E-state index in [-0.39, 0.29) is 36.1 Å². The molecule has 4 nitrogen and oxygen atoms in total. The summed E-state index contributed by atoms with van der Waals surface area (Å²) < 4.78 is 0. The first kappa shape index (κ1) is 20.5. The van der Waals surface area contributed by atoms with Crippen molar-refractivity contribution in [3.8, 4) is 0 Å². The number of rotatable bonds is 4. The summed E-state index contributed by atoms with van der Waals surface area (Å²) in [7, 11) is 0. The lowest BCUT2D eigenvalue weighted by Gasteiger charge is -2.24. The predicted molar refractivity (Wildman–Crippen MR) is 101 cm³/mol. The SMILES string of the molecule is CCNC(=NCC(O)c1ccccc1Cl)NC(C)(C)C.I. The van der Waals surface area contributed by atoms with Gasteiger partial charge in [-0.25, -0.2) is 0 Å². The minimum absolute atomic E-state index is 0. The molecule has 0 amide bonds. The Balaban J connectivity index is 0.00000400. The van der Waals surface area contributed by atoms with Gasteiger partial charge in [-0.2, -0.15) is 0 Å². The number of aliphatic hydroxyl groups excluding tert-OH is 1. The van der Waals surface area contributed by atoms with Gasteiger partial charge < -0.3 is 15.7 Å². The molecule has 0 spiro atoms. The van der Waals surface area contributed by atoms with Gasteiger partial charge in [0.1, 0.15) is 6.10 Å². The first-order valence-electron chi connectivity index (χ1n) is 6.82. The normalized spacial score (nSPS) is 13.3. The molecular weight excluding hydrogens is 401 g/mol. The van der Waals surface area contributed by atoms with Gasteiger partial charge in [-0.1, -0.05) is 29.8 Å². The zero-order chi connectivity index (χ0) is 15.2. The van der Waals surface area contributed by atoms with E-state index in [4.69, 9.17) is 11.6 Å². The highest BCUT2D eigenvalue weighted by molar-refractivity contribution is 14.0. The van der Waals surface area contributed by atoms with Gasteiger partial charge in [0, 0.05) is 22.7 Å². The van der Waals surface area contributed by atoms with Crippen LogP contribution >= 0.6 is 35.6 Å². The Morgan fingerprint density at radius 2 is 1.95 bits per heavy atom. The molecule has 0 aliphatic rings. The van der Waals surface area contributed by atoms with E-state index >= 15 is 0 Å². The van der Waals surface area contributed by atoms with E-state index in [0.29, 0.717) is 16.5 Å². The first-order chi connectivity index (χ1) is 9.33. The average Bonchev–Trinajstić information content (AvgIpc) is 2.34. The highest BCUT2D eigenvalue weighted by Gasteiger charge is 2.14. The molecule has 0 bridgehead atoms. The molecule has 0 saturated carbocycles. The van der Waals surface area contributed by atoms with Crippen LogP contribution < -0.4 is 10.6 Å². The molecule has 0 aliphatic heterocycles. The summed E-state index contributed by atoms with van der Waals surface area (Å²) in [5.74, 6) is 0.686. The van der Waals surface area contributed by atoms with Crippen LogP contribution in [0.3, 0.4) is 0 Å². The summed E-state index contributed by atoms with van der Waals surface area (Å²) in [5, 5.41) is 17.2. The quantitative estimate of drug-likeness (QED) is 0.394. The summed E-state index contributed by atoms with van der Waals surface area (Å²) in [5.41, 5.74) is 0.612. The molecule has 6 heteroatoms. The van der Waals surface area contributed by atoms with Gasteiger partial charge in [0.15, 0.2) is 5.96 Å². The Morgan fingerprint density at radius 1 is 1.33 bits per heavy atom. The molecule has 0 saturated heterocycles. The molecule has 1 atom stereocenters. The summed E-state index contributed by atoms with van der Waals surface area (Å²) >= 11 is 6.06. The molecule has 0 aromatic heterocycles. The Bertz CT molecular complexity index is 460. The van der Waals surface area contributed by atoms with Crippen molar-refractivity contribution in [3.63, 3.8) is 0 Å². The Labute approximate surface area is 149 Å². The van der Waals surface area contributed by atoms with Crippen LogP contribution in [-0.4, -0.2) is 29.7 Å². The number of nitrogens with zero attached hydrogens (tertiary/aromatic N) is 1. The number of benzene rings is 1. The summed E-state index contributed by atoms with van der Waals surface area (Å²) in [4.78, 5) is 4.40. The zero-order valence-corrected chi connectivity index (χ0v) is 16.1. The van der Waals surface area contributed by atoms with Gasteiger partial charge in [0.25, 0.3) is 0 Å². The molecule has 1 aromatic carbocycles. The Kier molecular flexibility index (Phi) is 9.24. The molecule has 1 aromatic rings. The Hall–Kier alpha value is -0.530. The monoisotopic (exact) mass is 425 g/mol. The lowest BCUT2D eigenvalue weighted by molar-refractivity contribution is 0.187. The second-order valence-electron chi connectivity index (χ2n) is 5.63. The van der Waals surface area contributed by atoms with Crippen LogP contribution in [0.25, 0.3) is 0 Å². The van der Waals surface area contributed by atoms with Gasteiger partial charge in [0.05, 0.1) is 6.54 Å². The van der Waals surface area contributed by atoms with Crippen molar-refractivity contribution in [2.45, 2.75) is 39.3 Å². The van der Waals surface area contributed by atoms with Crippen LogP contribution in [0.2, 0.25) is 5.02 Å². The fourth-order valence-corrected chi connectivity index (χ4v) is 1.95. The highest BCUT2D eigenvalue weighted by atomic mass is 127. The van der Waals surface area contributed by atoms with Crippen LogP contribution in [0.1, 0.15) is 39.4 Å². The van der Waals surface area contributed by atoms with E-state index in [1.807, 2.05) is 25.1 Å². The van der Waals surface area contributed by atoms with Gasteiger partial charge in [-0.15, -0.1) is 24.0 Å². The third-order valence-electron chi connectivity index (χ3n) is 2.52. The summed E-state index contributed by atoms with van der Waals surface area (Å²) in [6, 6.07) is 7.27. The van der Waals surface area contributed by atoms with E-state index in [0.717, 1.165) is 6.54 Å². The topological polar surface area (TPSA) is 56.7 Å². The fraction of sp³-hybridized carbons (Fsp3) is 0.533. The standard InChI is InChI=1S/C15H24ClN3O.HI/c1-5-17-14(19-15(2,3)4)18-10-13(20)11-8-6-7-9-12(11)16;/h6-9,13,20H,5,10H2,1-4H3,(H2,17,18,19);1H. The number of aliphatic hydroxyl groups is 1. The van der Waals surface area contributed by atoms with Gasteiger partial charge in [-0.05, 0) is 33.8 Å². The maximum absolute atomic E-state index is 10.2. The molecular formula is C15H25ClIN3O. The maximum atomic E-state index is 10.2. The minimum Gasteiger partial charge on any atom is -0.386 e.